The quantitative estimate of drug-likeness (QED) is 0.870. The summed E-state index contributed by atoms with van der Waals surface area (Å²) in [6, 6.07) is 1.85. The number of pyridine rings is 1. The van der Waals surface area contributed by atoms with Crippen LogP contribution in [-0.4, -0.2) is 11.3 Å². The van der Waals surface area contributed by atoms with Gasteiger partial charge in [-0.15, -0.1) is 13.2 Å². The molecule has 0 bridgehead atoms. The van der Waals surface area contributed by atoms with E-state index in [0.717, 1.165) is 0 Å². The third-order valence-electron chi connectivity index (χ3n) is 2.12. The summed E-state index contributed by atoms with van der Waals surface area (Å²) < 4.78 is 78.1. The number of nitrogens with two attached hydrogens (primary N) is 1. The maximum absolute atomic E-state index is 12.8. The van der Waals surface area contributed by atoms with Gasteiger partial charge in [0.05, 0.1) is 23.7 Å². The summed E-state index contributed by atoms with van der Waals surface area (Å²) in [5.41, 5.74) is 2.30. The molecule has 10 heteroatoms. The Balaban J connectivity index is 3.43. The molecule has 1 heterocycles. The van der Waals surface area contributed by atoms with E-state index in [1.165, 1.54) is 6.07 Å². The highest BCUT2D eigenvalue weighted by atomic mass is 19.4. The molecule has 0 unspecified atom stereocenters. The second-order valence-corrected chi connectivity index (χ2v) is 3.53. The zero-order valence-corrected chi connectivity index (χ0v) is 9.64. The maximum Gasteiger partial charge on any atom is 0.574 e. The summed E-state index contributed by atoms with van der Waals surface area (Å²) in [4.78, 5) is 3.08. The molecule has 0 atom stereocenters. The fourth-order valence-corrected chi connectivity index (χ4v) is 1.51. The van der Waals surface area contributed by atoms with Gasteiger partial charge < -0.3 is 10.5 Å². The van der Waals surface area contributed by atoms with E-state index in [0.29, 0.717) is 6.07 Å². The molecule has 0 aliphatic heterocycles. The van der Waals surface area contributed by atoms with E-state index in [1.807, 2.05) is 0 Å². The Labute approximate surface area is 108 Å². The molecule has 0 saturated carbocycles. The lowest BCUT2D eigenvalue weighted by Gasteiger charge is -2.17. The van der Waals surface area contributed by atoms with E-state index in [4.69, 9.17) is 11.0 Å². The van der Waals surface area contributed by atoms with Crippen molar-refractivity contribution in [3.8, 4) is 11.9 Å². The molecule has 1 rings (SSSR count). The summed E-state index contributed by atoms with van der Waals surface area (Å²) in [5, 5.41) is 8.45. The van der Waals surface area contributed by atoms with Gasteiger partial charge in [0.15, 0.2) is 0 Å². The topological polar surface area (TPSA) is 71.9 Å². The van der Waals surface area contributed by atoms with Crippen LogP contribution in [0.1, 0.15) is 16.8 Å². The van der Waals surface area contributed by atoms with Crippen LogP contribution in [0.2, 0.25) is 0 Å². The normalized spacial score (nSPS) is 12.1. The van der Waals surface area contributed by atoms with Crippen LogP contribution in [0.25, 0.3) is 0 Å². The lowest BCUT2D eigenvalue weighted by Crippen LogP contribution is -2.21. The van der Waals surface area contributed by atoms with Crippen molar-refractivity contribution in [3.63, 3.8) is 0 Å². The fourth-order valence-electron chi connectivity index (χ4n) is 1.51. The van der Waals surface area contributed by atoms with Crippen molar-refractivity contribution in [2.24, 2.45) is 5.73 Å². The summed E-state index contributed by atoms with van der Waals surface area (Å²) in [5.74, 6) is -1.09. The monoisotopic (exact) mass is 299 g/mol. The molecule has 0 aliphatic rings. The first-order chi connectivity index (χ1) is 9.08. The number of hydrogen-bond acceptors (Lipinski definition) is 4. The summed E-state index contributed by atoms with van der Waals surface area (Å²) in [6.07, 6.45) is -10.8. The molecule has 0 saturated heterocycles. The van der Waals surface area contributed by atoms with Crippen molar-refractivity contribution in [2.45, 2.75) is 25.5 Å². The van der Waals surface area contributed by atoms with Gasteiger partial charge in [-0.2, -0.15) is 18.4 Å². The molecule has 110 valence electrons. The number of hydrogen-bond donors (Lipinski definition) is 1. The minimum Gasteiger partial charge on any atom is -0.388 e. The molecular weight excluding hydrogens is 292 g/mol. The number of rotatable bonds is 3. The number of halogens is 6. The molecule has 0 spiro atoms. The van der Waals surface area contributed by atoms with E-state index >= 15 is 0 Å². The minimum atomic E-state index is -5.11. The minimum absolute atomic E-state index is 0.456. The maximum atomic E-state index is 12.8. The number of nitriles is 1. The van der Waals surface area contributed by atoms with Crippen LogP contribution in [0.4, 0.5) is 26.3 Å². The van der Waals surface area contributed by atoms with E-state index in [9.17, 15) is 26.3 Å². The second kappa shape index (κ2) is 5.54. The zero-order chi connectivity index (χ0) is 15.6. The Morgan fingerprint density at radius 1 is 1.25 bits per heavy atom. The van der Waals surface area contributed by atoms with Crippen LogP contribution in [-0.2, 0) is 19.1 Å². The van der Waals surface area contributed by atoms with E-state index in [2.05, 4.69) is 9.72 Å². The van der Waals surface area contributed by atoms with E-state index < -0.39 is 48.2 Å². The molecule has 20 heavy (non-hydrogen) atoms. The summed E-state index contributed by atoms with van der Waals surface area (Å²) in [6.45, 7) is -0.677. The first-order valence-corrected chi connectivity index (χ1v) is 5.01. The van der Waals surface area contributed by atoms with Crippen LogP contribution in [0.5, 0.6) is 5.88 Å². The van der Waals surface area contributed by atoms with Crippen molar-refractivity contribution in [2.75, 3.05) is 0 Å². The fraction of sp³-hybridized carbons (Fsp3) is 0.400. The number of aromatic nitrogens is 1. The van der Waals surface area contributed by atoms with Gasteiger partial charge in [-0.05, 0) is 5.56 Å². The van der Waals surface area contributed by atoms with E-state index in [1.54, 1.807) is 0 Å². The van der Waals surface area contributed by atoms with Gasteiger partial charge in [0.2, 0.25) is 5.88 Å². The Hall–Kier alpha value is -2.02. The predicted octanol–water partition coefficient (Wildman–Crippen LogP) is 2.52. The lowest BCUT2D eigenvalue weighted by molar-refractivity contribution is -0.276. The SMILES string of the molecule is N#CCc1nc(OC(F)(F)F)cc(CN)c1C(F)(F)F. The smallest absolute Gasteiger partial charge is 0.388 e. The van der Waals surface area contributed by atoms with Crippen molar-refractivity contribution in [1.82, 2.24) is 4.98 Å². The lowest BCUT2D eigenvalue weighted by atomic mass is 10.0. The third kappa shape index (κ3) is 3.99. The van der Waals surface area contributed by atoms with Crippen LogP contribution in [0.3, 0.4) is 0 Å². The number of ether oxygens (including phenoxy) is 1. The number of nitrogens with zero attached hydrogens (tertiary/aromatic N) is 2. The first-order valence-electron chi connectivity index (χ1n) is 5.01. The standard InChI is InChI=1S/C10H7F6N3O/c11-9(12,13)8-5(4-18)3-7(20-10(14,15)16)19-6(8)1-2-17/h3H,1,4,18H2. The highest BCUT2D eigenvalue weighted by Crippen LogP contribution is 2.36. The largest absolute Gasteiger partial charge is 0.574 e. The van der Waals surface area contributed by atoms with Gasteiger partial charge in [-0.3, -0.25) is 0 Å². The Morgan fingerprint density at radius 3 is 2.25 bits per heavy atom. The third-order valence-corrected chi connectivity index (χ3v) is 2.12. The van der Waals surface area contributed by atoms with Gasteiger partial charge in [-0.25, -0.2) is 4.98 Å². The highest BCUT2D eigenvalue weighted by molar-refractivity contribution is 5.38. The zero-order valence-electron chi connectivity index (χ0n) is 9.64. The van der Waals surface area contributed by atoms with Gasteiger partial charge in [0.1, 0.15) is 0 Å². The summed E-state index contributed by atoms with van der Waals surface area (Å²) in [7, 11) is 0. The molecule has 1 aromatic heterocycles. The average Bonchev–Trinajstić information content (AvgIpc) is 2.24. The average molecular weight is 299 g/mol. The molecule has 0 aromatic carbocycles. The van der Waals surface area contributed by atoms with Gasteiger partial charge in [0.25, 0.3) is 0 Å². The Kier molecular flexibility index (Phi) is 4.44. The molecule has 1 aromatic rings. The van der Waals surface area contributed by atoms with Crippen LogP contribution >= 0.6 is 0 Å². The molecule has 2 N–H and O–H groups in total. The van der Waals surface area contributed by atoms with Gasteiger partial charge in [-0.1, -0.05) is 0 Å². The first kappa shape index (κ1) is 16.0. The molecule has 4 nitrogen and oxygen atoms in total. The van der Waals surface area contributed by atoms with Gasteiger partial charge in [0, 0.05) is 12.6 Å². The van der Waals surface area contributed by atoms with Crippen molar-refractivity contribution in [1.29, 1.82) is 5.26 Å². The second-order valence-electron chi connectivity index (χ2n) is 3.53. The van der Waals surface area contributed by atoms with Gasteiger partial charge >= 0.3 is 12.5 Å². The van der Waals surface area contributed by atoms with Crippen molar-refractivity contribution < 1.29 is 31.1 Å². The molecule has 0 amide bonds. The highest BCUT2D eigenvalue weighted by Gasteiger charge is 2.38. The summed E-state index contributed by atoms with van der Waals surface area (Å²) >= 11 is 0. The molecule has 0 radical (unpaired) electrons. The van der Waals surface area contributed by atoms with Crippen LogP contribution in [0.15, 0.2) is 6.07 Å². The molecule has 0 fully saturated rings. The van der Waals surface area contributed by atoms with E-state index in [-0.39, 0.29) is 0 Å². The Morgan fingerprint density at radius 2 is 1.85 bits per heavy atom. The van der Waals surface area contributed by atoms with Crippen LogP contribution in [0, 0.1) is 11.3 Å². The Bertz CT molecular complexity index is 532. The molecular formula is C10H7F6N3O. The van der Waals surface area contributed by atoms with Crippen molar-refractivity contribution >= 4 is 0 Å². The number of alkyl halides is 6. The predicted molar refractivity (Wildman–Crippen MR) is 53.1 cm³/mol. The van der Waals surface area contributed by atoms with Crippen LogP contribution < -0.4 is 10.5 Å². The molecule has 0 aliphatic carbocycles. The van der Waals surface area contributed by atoms with Crippen molar-refractivity contribution in [3.05, 3.63) is 22.9 Å².